The second kappa shape index (κ2) is 7.37. The number of imide groups is 1. The van der Waals surface area contributed by atoms with E-state index in [-0.39, 0.29) is 29.7 Å². The minimum absolute atomic E-state index is 0.246. The van der Waals surface area contributed by atoms with E-state index in [2.05, 4.69) is 5.16 Å². The Morgan fingerprint density at radius 1 is 1.03 bits per heavy atom. The van der Waals surface area contributed by atoms with Crippen molar-refractivity contribution in [2.45, 2.75) is 39.3 Å². The first-order valence-electron chi connectivity index (χ1n) is 10.7. The molecule has 0 fully saturated rings. The van der Waals surface area contributed by atoms with E-state index in [1.165, 1.54) is 23.1 Å². The molecule has 2 aliphatic heterocycles. The summed E-state index contributed by atoms with van der Waals surface area (Å²) < 4.78 is 18.8. The van der Waals surface area contributed by atoms with E-state index in [1.807, 2.05) is 0 Å². The molecule has 0 saturated heterocycles. The van der Waals surface area contributed by atoms with Crippen molar-refractivity contribution < 1.29 is 23.3 Å². The number of hydrogen-bond donors (Lipinski definition) is 0. The van der Waals surface area contributed by atoms with E-state index < -0.39 is 11.4 Å². The number of halogens is 1. The largest absolute Gasteiger partial charge is 0.356 e. The van der Waals surface area contributed by atoms with Gasteiger partial charge in [-0.3, -0.25) is 19.3 Å². The number of hydrogen-bond acceptors (Lipinski definition) is 5. The molecule has 0 bridgehead atoms. The van der Waals surface area contributed by atoms with Gasteiger partial charge in [0.05, 0.1) is 17.7 Å². The first-order valence-corrected chi connectivity index (χ1v) is 10.7. The van der Waals surface area contributed by atoms with Gasteiger partial charge >= 0.3 is 0 Å². The molecular formula is C25H22FN3O4. The highest BCUT2D eigenvalue weighted by Crippen LogP contribution is 2.32. The normalized spacial score (nSPS) is 15.6. The Bertz CT molecular complexity index is 1300. The Balaban J connectivity index is 1.39. The fourth-order valence-corrected chi connectivity index (χ4v) is 4.40. The average molecular weight is 447 g/mol. The second-order valence-electron chi connectivity index (χ2n) is 9.30. The number of benzene rings is 2. The van der Waals surface area contributed by atoms with Gasteiger partial charge in [0, 0.05) is 28.8 Å². The van der Waals surface area contributed by atoms with E-state index in [4.69, 9.17) is 4.52 Å². The van der Waals surface area contributed by atoms with Crippen molar-refractivity contribution >= 4 is 17.7 Å². The predicted molar refractivity (Wildman–Crippen MR) is 117 cm³/mol. The summed E-state index contributed by atoms with van der Waals surface area (Å²) in [7, 11) is 0. The van der Waals surface area contributed by atoms with Crippen molar-refractivity contribution in [1.82, 2.24) is 15.0 Å². The predicted octanol–water partition coefficient (Wildman–Crippen LogP) is 4.07. The molecule has 0 N–H and O–H groups in total. The molecule has 8 heteroatoms. The molecule has 0 aliphatic carbocycles. The van der Waals surface area contributed by atoms with Crippen LogP contribution in [-0.4, -0.2) is 44.8 Å². The topological polar surface area (TPSA) is 83.7 Å². The Hall–Kier alpha value is -3.81. The van der Waals surface area contributed by atoms with Crippen LogP contribution in [0.25, 0.3) is 11.3 Å². The number of fused-ring (bicyclic) bond motifs is 2. The molecule has 2 aliphatic rings. The summed E-state index contributed by atoms with van der Waals surface area (Å²) in [6.07, 6.45) is 0.539. The lowest BCUT2D eigenvalue weighted by atomic mass is 9.99. The highest BCUT2D eigenvalue weighted by molar-refractivity contribution is 6.22. The van der Waals surface area contributed by atoms with Crippen LogP contribution in [0.1, 0.15) is 63.1 Å². The third-order valence-corrected chi connectivity index (χ3v) is 6.04. The molecule has 0 spiro atoms. The van der Waals surface area contributed by atoms with Crippen LogP contribution in [0.5, 0.6) is 0 Å². The second-order valence-corrected chi connectivity index (χ2v) is 9.30. The van der Waals surface area contributed by atoms with Crippen molar-refractivity contribution in [3.63, 3.8) is 0 Å². The first kappa shape index (κ1) is 21.1. The van der Waals surface area contributed by atoms with Gasteiger partial charge in [0.25, 0.3) is 17.7 Å². The molecule has 0 atom stereocenters. The highest BCUT2D eigenvalue weighted by atomic mass is 19.1. The van der Waals surface area contributed by atoms with Gasteiger partial charge in [0.15, 0.2) is 5.76 Å². The van der Waals surface area contributed by atoms with Crippen LogP contribution in [0, 0.1) is 5.82 Å². The maximum absolute atomic E-state index is 13.2. The summed E-state index contributed by atoms with van der Waals surface area (Å²) >= 11 is 0. The summed E-state index contributed by atoms with van der Waals surface area (Å²) in [5.41, 5.74) is 2.54. The van der Waals surface area contributed by atoms with Crippen LogP contribution in [0.4, 0.5) is 4.39 Å². The molecule has 1 aromatic heterocycles. The fraction of sp³-hybridized carbons (Fsp3) is 0.280. The maximum atomic E-state index is 13.2. The Morgan fingerprint density at radius 3 is 2.42 bits per heavy atom. The number of carbonyl (C=O) groups is 3. The molecule has 3 aromatic rings. The lowest BCUT2D eigenvalue weighted by Gasteiger charge is -2.29. The van der Waals surface area contributed by atoms with Crippen LogP contribution < -0.4 is 0 Å². The summed E-state index contributed by atoms with van der Waals surface area (Å²) in [6, 6.07) is 10.6. The van der Waals surface area contributed by atoms with Crippen LogP contribution in [0.3, 0.4) is 0 Å². The van der Waals surface area contributed by atoms with Crippen molar-refractivity contribution in [1.29, 1.82) is 0 Å². The standard InChI is InChI=1S/C25H22FN3O4/c1-25(2,3)29-23(31)17-9-6-15(12-19(17)24(29)32)22(30)28-11-10-18-20(13-28)27-33-21(18)14-4-7-16(26)8-5-14/h4-9,12H,10-11,13H2,1-3H3. The number of amides is 3. The molecule has 2 aromatic carbocycles. The Labute approximate surface area is 189 Å². The molecule has 0 radical (unpaired) electrons. The molecular weight excluding hydrogens is 425 g/mol. The number of aromatic nitrogens is 1. The van der Waals surface area contributed by atoms with Gasteiger partial charge in [0.1, 0.15) is 11.5 Å². The van der Waals surface area contributed by atoms with Gasteiger partial charge in [-0.2, -0.15) is 0 Å². The lowest BCUT2D eigenvalue weighted by Crippen LogP contribution is -2.45. The molecule has 0 saturated carbocycles. The monoisotopic (exact) mass is 447 g/mol. The summed E-state index contributed by atoms with van der Waals surface area (Å²) in [5, 5.41) is 4.13. The SMILES string of the molecule is CC(C)(C)N1C(=O)c2ccc(C(=O)N3CCc4c(noc4-c4ccc(F)cc4)C3)cc2C1=O. The number of nitrogens with zero attached hydrogens (tertiary/aromatic N) is 3. The molecule has 5 rings (SSSR count). The minimum Gasteiger partial charge on any atom is -0.356 e. The first-order chi connectivity index (χ1) is 15.6. The zero-order chi connectivity index (χ0) is 23.5. The summed E-state index contributed by atoms with van der Waals surface area (Å²) in [5.74, 6) is -0.729. The van der Waals surface area contributed by atoms with Crippen LogP contribution in [0.2, 0.25) is 0 Å². The van der Waals surface area contributed by atoms with Gasteiger partial charge in [-0.05, 0) is 69.7 Å². The quantitative estimate of drug-likeness (QED) is 0.553. The third kappa shape index (κ3) is 3.42. The molecule has 0 unspecified atom stereocenters. The van der Waals surface area contributed by atoms with E-state index in [1.54, 1.807) is 49.9 Å². The maximum Gasteiger partial charge on any atom is 0.262 e. The third-order valence-electron chi connectivity index (χ3n) is 6.04. The molecule has 168 valence electrons. The van der Waals surface area contributed by atoms with E-state index >= 15 is 0 Å². The van der Waals surface area contributed by atoms with Crippen LogP contribution in [0.15, 0.2) is 47.0 Å². The minimum atomic E-state index is -0.657. The van der Waals surface area contributed by atoms with Gasteiger partial charge in [0.2, 0.25) is 0 Å². The van der Waals surface area contributed by atoms with Crippen LogP contribution in [-0.2, 0) is 13.0 Å². The van der Waals surface area contributed by atoms with Crippen molar-refractivity contribution in [2.24, 2.45) is 0 Å². The lowest BCUT2D eigenvalue weighted by molar-refractivity contribution is 0.0507. The van der Waals surface area contributed by atoms with Gasteiger partial charge in [-0.15, -0.1) is 0 Å². The Morgan fingerprint density at radius 2 is 1.73 bits per heavy atom. The van der Waals surface area contributed by atoms with Gasteiger partial charge in [-0.25, -0.2) is 4.39 Å². The van der Waals surface area contributed by atoms with Crippen LogP contribution >= 0.6 is 0 Å². The zero-order valence-corrected chi connectivity index (χ0v) is 18.5. The van der Waals surface area contributed by atoms with Crippen molar-refractivity contribution in [2.75, 3.05) is 6.54 Å². The van der Waals surface area contributed by atoms with E-state index in [0.29, 0.717) is 35.5 Å². The number of carbonyl (C=O) groups excluding carboxylic acids is 3. The van der Waals surface area contributed by atoms with Gasteiger partial charge in [-0.1, -0.05) is 5.16 Å². The molecule has 3 heterocycles. The fourth-order valence-electron chi connectivity index (χ4n) is 4.40. The number of rotatable bonds is 2. The zero-order valence-electron chi connectivity index (χ0n) is 18.5. The molecule has 7 nitrogen and oxygen atoms in total. The molecule has 3 amide bonds. The average Bonchev–Trinajstić information content (AvgIpc) is 3.31. The highest BCUT2D eigenvalue weighted by Gasteiger charge is 2.42. The Kier molecular flexibility index (Phi) is 4.70. The van der Waals surface area contributed by atoms with Gasteiger partial charge < -0.3 is 9.42 Å². The summed E-state index contributed by atoms with van der Waals surface area (Å²) in [6.45, 7) is 6.09. The molecule has 33 heavy (non-hydrogen) atoms. The van der Waals surface area contributed by atoms with E-state index in [0.717, 1.165) is 11.1 Å². The summed E-state index contributed by atoms with van der Waals surface area (Å²) in [4.78, 5) is 41.6. The van der Waals surface area contributed by atoms with Crippen molar-refractivity contribution in [3.05, 3.63) is 76.2 Å². The van der Waals surface area contributed by atoms with Crippen molar-refractivity contribution in [3.8, 4) is 11.3 Å². The smallest absolute Gasteiger partial charge is 0.262 e. The van der Waals surface area contributed by atoms with E-state index in [9.17, 15) is 18.8 Å².